The van der Waals surface area contributed by atoms with Crippen LogP contribution in [0, 0.1) is 32.1 Å². The smallest absolute Gasteiger partial charge is 0.282 e. The average Bonchev–Trinajstić information content (AvgIpc) is 2.97. The number of nitriles is 1. The van der Waals surface area contributed by atoms with Gasteiger partial charge in [0.05, 0.1) is 16.3 Å². The molecule has 0 aliphatic rings. The molecule has 1 heterocycles. The molecule has 0 fully saturated rings. The van der Waals surface area contributed by atoms with Gasteiger partial charge < -0.3 is 0 Å². The standard InChI is InChI=1S/C19H17N5O4S/c1-11-6-4-5-7-16(11)24-19(25)18(15(10-20)23-24)22-21-14-8-13(3)17(9-12(14)2)29(26,27)28/h4-9,23H,1-3H3,(H,26,27,28)/b22-21+. The fourth-order valence-corrected chi connectivity index (χ4v) is 3.64. The summed E-state index contributed by atoms with van der Waals surface area (Å²) in [5.41, 5.74) is 1.68. The number of benzene rings is 2. The second-order valence-corrected chi connectivity index (χ2v) is 7.84. The van der Waals surface area contributed by atoms with Crippen molar-refractivity contribution in [2.75, 3.05) is 0 Å². The number of nitrogens with one attached hydrogen (secondary N) is 1. The van der Waals surface area contributed by atoms with Gasteiger partial charge in [-0.05, 0) is 55.7 Å². The van der Waals surface area contributed by atoms with Crippen molar-refractivity contribution in [1.82, 2.24) is 9.78 Å². The molecule has 0 aliphatic heterocycles. The summed E-state index contributed by atoms with van der Waals surface area (Å²) in [7, 11) is -4.36. The van der Waals surface area contributed by atoms with Crippen LogP contribution in [-0.4, -0.2) is 22.8 Å². The second kappa shape index (κ2) is 7.46. The predicted octanol–water partition coefficient (Wildman–Crippen LogP) is 3.62. The van der Waals surface area contributed by atoms with E-state index < -0.39 is 15.7 Å². The van der Waals surface area contributed by atoms with Crippen molar-refractivity contribution in [2.45, 2.75) is 25.7 Å². The largest absolute Gasteiger partial charge is 0.300 e. The van der Waals surface area contributed by atoms with E-state index in [1.165, 1.54) is 23.7 Å². The number of nitrogens with zero attached hydrogens (tertiary/aromatic N) is 4. The molecular formula is C19H17N5O4S. The quantitative estimate of drug-likeness (QED) is 0.498. The van der Waals surface area contributed by atoms with Gasteiger partial charge in [0.25, 0.3) is 15.7 Å². The van der Waals surface area contributed by atoms with E-state index in [0.29, 0.717) is 16.9 Å². The van der Waals surface area contributed by atoms with E-state index >= 15 is 0 Å². The minimum atomic E-state index is -4.36. The molecule has 0 saturated carbocycles. The van der Waals surface area contributed by atoms with Gasteiger partial charge in [-0.25, -0.2) is 4.68 Å². The summed E-state index contributed by atoms with van der Waals surface area (Å²) in [6.07, 6.45) is 0. The summed E-state index contributed by atoms with van der Waals surface area (Å²) in [6.45, 7) is 4.93. The molecule has 0 aliphatic carbocycles. The van der Waals surface area contributed by atoms with E-state index in [9.17, 15) is 23.0 Å². The molecular weight excluding hydrogens is 394 g/mol. The summed E-state index contributed by atoms with van der Waals surface area (Å²) in [5, 5.41) is 20.1. The van der Waals surface area contributed by atoms with Crippen LogP contribution in [0.5, 0.6) is 0 Å². The van der Waals surface area contributed by atoms with Crippen molar-refractivity contribution in [3.8, 4) is 11.8 Å². The third-order valence-corrected chi connectivity index (χ3v) is 5.36. The van der Waals surface area contributed by atoms with Crippen LogP contribution in [0.25, 0.3) is 5.69 Å². The Hall–Kier alpha value is -3.55. The number of H-pyrrole nitrogens is 1. The van der Waals surface area contributed by atoms with Crippen molar-refractivity contribution in [3.63, 3.8) is 0 Å². The Morgan fingerprint density at radius 1 is 1.07 bits per heavy atom. The molecule has 10 heteroatoms. The minimum absolute atomic E-state index is 0.0501. The van der Waals surface area contributed by atoms with Crippen LogP contribution in [0.3, 0.4) is 0 Å². The fraction of sp³-hybridized carbons (Fsp3) is 0.158. The normalized spacial score (nSPS) is 11.7. The lowest BCUT2D eigenvalue weighted by Gasteiger charge is -2.06. The molecule has 0 saturated heterocycles. The Kier molecular flexibility index (Phi) is 5.19. The van der Waals surface area contributed by atoms with Crippen LogP contribution in [0.2, 0.25) is 0 Å². The van der Waals surface area contributed by atoms with Crippen LogP contribution in [0.4, 0.5) is 11.4 Å². The van der Waals surface area contributed by atoms with Crippen molar-refractivity contribution >= 4 is 21.5 Å². The maximum atomic E-state index is 12.8. The van der Waals surface area contributed by atoms with Gasteiger partial charge in [0.15, 0.2) is 11.4 Å². The number of rotatable bonds is 4. The molecule has 148 valence electrons. The SMILES string of the molecule is Cc1cc(S(=O)(=O)O)c(C)cc1/N=N/c1c(C#N)[nH]n(-c2ccccc2C)c1=O. The Balaban J connectivity index is 2.09. The van der Waals surface area contributed by atoms with E-state index in [4.69, 9.17) is 0 Å². The number of aryl methyl sites for hydroxylation is 3. The number of para-hydroxylation sites is 1. The van der Waals surface area contributed by atoms with Gasteiger partial charge in [0.1, 0.15) is 6.07 Å². The number of aromatic nitrogens is 2. The van der Waals surface area contributed by atoms with Gasteiger partial charge in [0.2, 0.25) is 0 Å². The molecule has 3 rings (SSSR count). The Morgan fingerprint density at radius 2 is 1.76 bits per heavy atom. The molecule has 2 aromatic carbocycles. The first-order valence-electron chi connectivity index (χ1n) is 8.45. The van der Waals surface area contributed by atoms with Crippen molar-refractivity contribution < 1.29 is 13.0 Å². The average molecular weight is 411 g/mol. The van der Waals surface area contributed by atoms with Crippen molar-refractivity contribution in [3.05, 3.63) is 69.1 Å². The highest BCUT2D eigenvalue weighted by atomic mass is 32.2. The molecule has 2 N–H and O–H groups in total. The highest BCUT2D eigenvalue weighted by Crippen LogP contribution is 2.28. The molecule has 0 amide bonds. The number of hydrogen-bond donors (Lipinski definition) is 2. The second-order valence-electron chi connectivity index (χ2n) is 6.45. The fourth-order valence-electron chi connectivity index (χ4n) is 2.85. The third-order valence-electron chi connectivity index (χ3n) is 4.36. The highest BCUT2D eigenvalue weighted by molar-refractivity contribution is 7.85. The number of azo groups is 1. The molecule has 9 nitrogen and oxygen atoms in total. The summed E-state index contributed by atoms with van der Waals surface area (Å²) < 4.78 is 33.3. The Labute approximate surface area is 166 Å². The molecule has 3 aromatic rings. The number of aromatic amines is 1. The van der Waals surface area contributed by atoms with Crippen LogP contribution in [-0.2, 0) is 10.1 Å². The molecule has 0 bridgehead atoms. The van der Waals surface area contributed by atoms with E-state index in [0.717, 1.165) is 5.56 Å². The van der Waals surface area contributed by atoms with Crippen LogP contribution < -0.4 is 5.56 Å². The van der Waals surface area contributed by atoms with Gasteiger partial charge in [-0.3, -0.25) is 14.4 Å². The molecule has 1 aromatic heterocycles. The minimum Gasteiger partial charge on any atom is -0.282 e. The van der Waals surface area contributed by atoms with Gasteiger partial charge in [-0.15, -0.1) is 10.2 Å². The lowest BCUT2D eigenvalue weighted by Crippen LogP contribution is -2.15. The maximum absolute atomic E-state index is 12.8. The Morgan fingerprint density at radius 3 is 2.38 bits per heavy atom. The molecule has 0 radical (unpaired) electrons. The van der Waals surface area contributed by atoms with Gasteiger partial charge in [0, 0.05) is 0 Å². The van der Waals surface area contributed by atoms with E-state index in [1.54, 1.807) is 19.1 Å². The van der Waals surface area contributed by atoms with Crippen LogP contribution in [0.15, 0.2) is 56.3 Å². The molecule has 0 atom stereocenters. The summed E-state index contributed by atoms with van der Waals surface area (Å²) >= 11 is 0. The zero-order valence-corrected chi connectivity index (χ0v) is 16.6. The van der Waals surface area contributed by atoms with E-state index in [2.05, 4.69) is 15.3 Å². The first-order chi connectivity index (χ1) is 13.6. The van der Waals surface area contributed by atoms with Gasteiger partial charge in [-0.2, -0.15) is 13.7 Å². The zero-order valence-electron chi connectivity index (χ0n) is 15.8. The lowest BCUT2D eigenvalue weighted by molar-refractivity contribution is 0.482. The van der Waals surface area contributed by atoms with E-state index in [-0.39, 0.29) is 21.8 Å². The zero-order chi connectivity index (χ0) is 21.3. The predicted molar refractivity (Wildman–Crippen MR) is 106 cm³/mol. The van der Waals surface area contributed by atoms with Gasteiger partial charge >= 0.3 is 0 Å². The van der Waals surface area contributed by atoms with Crippen molar-refractivity contribution in [2.24, 2.45) is 10.2 Å². The van der Waals surface area contributed by atoms with Crippen LogP contribution in [0.1, 0.15) is 22.4 Å². The first-order valence-corrected chi connectivity index (χ1v) is 9.89. The third kappa shape index (κ3) is 3.87. The van der Waals surface area contributed by atoms with Crippen LogP contribution >= 0.6 is 0 Å². The maximum Gasteiger partial charge on any atom is 0.300 e. The molecule has 0 unspecified atom stereocenters. The monoisotopic (exact) mass is 411 g/mol. The summed E-state index contributed by atoms with van der Waals surface area (Å²) in [5.74, 6) is 0. The Bertz CT molecular complexity index is 1340. The topological polar surface area (TPSA) is 141 Å². The number of hydrogen-bond acceptors (Lipinski definition) is 6. The van der Waals surface area contributed by atoms with Crippen molar-refractivity contribution in [1.29, 1.82) is 5.26 Å². The summed E-state index contributed by atoms with van der Waals surface area (Å²) in [6, 6.07) is 11.8. The first kappa shape index (κ1) is 20.2. The lowest BCUT2D eigenvalue weighted by atomic mass is 10.1. The van der Waals surface area contributed by atoms with E-state index in [1.807, 2.05) is 25.1 Å². The molecule has 0 spiro atoms. The summed E-state index contributed by atoms with van der Waals surface area (Å²) in [4.78, 5) is 12.5. The van der Waals surface area contributed by atoms with Gasteiger partial charge in [-0.1, -0.05) is 18.2 Å². The highest BCUT2D eigenvalue weighted by Gasteiger charge is 2.18. The molecule has 29 heavy (non-hydrogen) atoms.